The number of carbonyl (C=O) groups is 1. The van der Waals surface area contributed by atoms with Crippen molar-refractivity contribution in [2.45, 2.75) is 103 Å². The number of carbonyl (C=O) groups excluding carboxylic acids is 1. The molecule has 0 radical (unpaired) electrons. The van der Waals surface area contributed by atoms with Crippen LogP contribution in [0.15, 0.2) is 23.5 Å². The van der Waals surface area contributed by atoms with Crippen molar-refractivity contribution in [3.63, 3.8) is 0 Å². The Bertz CT molecular complexity index is 922. The average Bonchev–Trinajstić information content (AvgIpc) is 2.91. The SMILES string of the molecule is C=C1C(=O)C23C4CCC1C2OC(C)(C)OC3C(O)C1C(C)CC2=C(OC(OCCCC)CC2)C14. The van der Waals surface area contributed by atoms with E-state index >= 15 is 0 Å². The van der Waals surface area contributed by atoms with E-state index in [0.717, 1.165) is 50.7 Å². The van der Waals surface area contributed by atoms with Gasteiger partial charge in [0.1, 0.15) is 11.9 Å². The molecule has 0 amide bonds. The van der Waals surface area contributed by atoms with Crippen LogP contribution in [-0.4, -0.2) is 47.9 Å². The topological polar surface area (TPSA) is 74.2 Å². The van der Waals surface area contributed by atoms with Gasteiger partial charge in [-0.1, -0.05) is 26.8 Å². The minimum absolute atomic E-state index is 0.00467. The van der Waals surface area contributed by atoms with Crippen LogP contribution in [0.5, 0.6) is 0 Å². The van der Waals surface area contributed by atoms with Crippen molar-refractivity contribution in [2.24, 2.45) is 35.0 Å². The van der Waals surface area contributed by atoms with E-state index in [1.165, 1.54) is 5.57 Å². The van der Waals surface area contributed by atoms with E-state index in [4.69, 9.17) is 18.9 Å². The molecule has 6 heteroatoms. The first-order valence-electron chi connectivity index (χ1n) is 13.5. The van der Waals surface area contributed by atoms with Crippen LogP contribution in [0.3, 0.4) is 0 Å². The molecule has 2 heterocycles. The minimum Gasteiger partial charge on any atom is -0.469 e. The largest absolute Gasteiger partial charge is 0.469 e. The third kappa shape index (κ3) is 2.98. The van der Waals surface area contributed by atoms with Gasteiger partial charge in [-0.05, 0) is 68.9 Å². The van der Waals surface area contributed by atoms with E-state index in [0.29, 0.717) is 18.1 Å². The maximum Gasteiger partial charge on any atom is 0.199 e. The zero-order valence-corrected chi connectivity index (χ0v) is 21.0. The van der Waals surface area contributed by atoms with Gasteiger partial charge in [0.05, 0.1) is 24.2 Å². The minimum atomic E-state index is -0.884. The molecule has 1 N–H and O–H groups in total. The number of ketones is 1. The van der Waals surface area contributed by atoms with Crippen molar-refractivity contribution in [1.29, 1.82) is 0 Å². The van der Waals surface area contributed by atoms with Gasteiger partial charge in [-0.25, -0.2) is 0 Å². The number of ether oxygens (including phenoxy) is 4. The van der Waals surface area contributed by atoms with E-state index in [-0.39, 0.29) is 41.8 Å². The van der Waals surface area contributed by atoms with Crippen molar-refractivity contribution < 1.29 is 28.8 Å². The summed E-state index contributed by atoms with van der Waals surface area (Å²) in [4.78, 5) is 14.0. The standard InChI is InChI=1S/C28H40O6/c1-6-7-12-31-19-11-8-16-13-14(2)20-21(23(16)32-19)18-10-9-17-15(3)24(30)28(18)25(17)33-27(4,5)34-26(28)22(20)29/h14,17-22,25-26,29H,3,6-13H2,1-2,4-5H3. The fourth-order valence-corrected chi connectivity index (χ4v) is 8.59. The molecule has 4 aliphatic carbocycles. The first-order chi connectivity index (χ1) is 16.2. The number of hydrogen-bond donors (Lipinski definition) is 1. The highest BCUT2D eigenvalue weighted by molar-refractivity contribution is 6.04. The highest BCUT2D eigenvalue weighted by atomic mass is 16.7. The van der Waals surface area contributed by atoms with E-state index in [9.17, 15) is 9.90 Å². The lowest BCUT2D eigenvalue weighted by atomic mass is 9.46. The molecule has 0 aromatic heterocycles. The number of Topliss-reactive ketones (excluding diaryl/α,β-unsaturated/α-hetero) is 1. The molecule has 0 aromatic carbocycles. The lowest BCUT2D eigenvalue weighted by Gasteiger charge is -2.65. The van der Waals surface area contributed by atoms with Crippen molar-refractivity contribution in [3.8, 4) is 0 Å². The zero-order valence-electron chi connectivity index (χ0n) is 21.0. The molecule has 10 unspecified atom stereocenters. The Morgan fingerprint density at radius 3 is 2.71 bits per heavy atom. The molecule has 188 valence electrons. The predicted octanol–water partition coefficient (Wildman–Crippen LogP) is 4.51. The summed E-state index contributed by atoms with van der Waals surface area (Å²) >= 11 is 0. The highest BCUT2D eigenvalue weighted by Crippen LogP contribution is 2.69. The van der Waals surface area contributed by atoms with Crippen molar-refractivity contribution >= 4 is 5.78 Å². The van der Waals surface area contributed by atoms with Gasteiger partial charge in [-0.2, -0.15) is 0 Å². The van der Waals surface area contributed by atoms with Crippen LogP contribution in [0.1, 0.15) is 72.6 Å². The second-order valence-electron chi connectivity index (χ2n) is 12.1. The summed E-state index contributed by atoms with van der Waals surface area (Å²) in [5, 5.41) is 11.9. The summed E-state index contributed by atoms with van der Waals surface area (Å²) in [6, 6.07) is 0. The third-order valence-corrected chi connectivity index (χ3v) is 9.83. The Hall–Kier alpha value is -1.21. The predicted molar refractivity (Wildman–Crippen MR) is 125 cm³/mol. The van der Waals surface area contributed by atoms with Gasteiger partial charge in [0.15, 0.2) is 17.9 Å². The Labute approximate surface area is 203 Å². The summed E-state index contributed by atoms with van der Waals surface area (Å²) in [5.74, 6) is 0.482. The van der Waals surface area contributed by atoms with Gasteiger partial charge in [-0.15, -0.1) is 0 Å². The fraction of sp³-hybridized carbons (Fsp3) is 0.821. The number of rotatable bonds is 4. The van der Waals surface area contributed by atoms with Crippen LogP contribution < -0.4 is 0 Å². The number of aliphatic hydroxyl groups excluding tert-OH is 1. The Morgan fingerprint density at radius 1 is 1.18 bits per heavy atom. The molecule has 6 aliphatic rings. The number of aliphatic hydroxyl groups is 1. The van der Waals surface area contributed by atoms with Crippen LogP contribution >= 0.6 is 0 Å². The van der Waals surface area contributed by atoms with Crippen LogP contribution in [0.4, 0.5) is 0 Å². The molecular formula is C28H40O6. The molecule has 1 spiro atoms. The molecule has 6 nitrogen and oxygen atoms in total. The number of hydrogen-bond acceptors (Lipinski definition) is 6. The summed E-state index contributed by atoms with van der Waals surface area (Å²) < 4.78 is 25.7. The van der Waals surface area contributed by atoms with Gasteiger partial charge in [0, 0.05) is 24.2 Å². The Balaban J connectivity index is 1.44. The third-order valence-electron chi connectivity index (χ3n) is 9.83. The van der Waals surface area contributed by atoms with E-state index in [1.807, 2.05) is 13.8 Å². The van der Waals surface area contributed by atoms with Crippen LogP contribution in [-0.2, 0) is 23.7 Å². The lowest BCUT2D eigenvalue weighted by molar-refractivity contribution is -0.386. The van der Waals surface area contributed by atoms with Gasteiger partial charge in [0.2, 0.25) is 0 Å². The first kappa shape index (κ1) is 23.2. The average molecular weight is 473 g/mol. The molecule has 0 aromatic rings. The van der Waals surface area contributed by atoms with Crippen LogP contribution in [0, 0.1) is 35.0 Å². The Morgan fingerprint density at radius 2 is 1.94 bits per heavy atom. The maximum absolute atomic E-state index is 14.0. The normalized spacial score (nSPS) is 48.7. The highest BCUT2D eigenvalue weighted by Gasteiger charge is 2.77. The van der Waals surface area contributed by atoms with E-state index < -0.39 is 23.4 Å². The Kier molecular flexibility index (Phi) is 5.39. The molecule has 34 heavy (non-hydrogen) atoms. The van der Waals surface area contributed by atoms with Crippen molar-refractivity contribution in [1.82, 2.24) is 0 Å². The zero-order chi connectivity index (χ0) is 24.0. The summed E-state index contributed by atoms with van der Waals surface area (Å²) in [7, 11) is 0. The molecule has 6 rings (SSSR count). The van der Waals surface area contributed by atoms with E-state index in [1.54, 1.807) is 0 Å². The monoisotopic (exact) mass is 472 g/mol. The molecule has 1 saturated heterocycles. The van der Waals surface area contributed by atoms with Gasteiger partial charge < -0.3 is 24.1 Å². The van der Waals surface area contributed by atoms with Gasteiger partial charge in [-0.3, -0.25) is 4.79 Å². The summed E-state index contributed by atoms with van der Waals surface area (Å²) in [6.07, 6.45) is 4.78. The molecule has 10 atom stereocenters. The lowest BCUT2D eigenvalue weighted by Crippen LogP contribution is -2.73. The smallest absolute Gasteiger partial charge is 0.199 e. The summed E-state index contributed by atoms with van der Waals surface area (Å²) in [6.45, 7) is 13.1. The van der Waals surface area contributed by atoms with Crippen molar-refractivity contribution in [2.75, 3.05) is 6.61 Å². The molecule has 2 bridgehead atoms. The first-order valence-corrected chi connectivity index (χ1v) is 13.5. The molecular weight excluding hydrogens is 432 g/mol. The summed E-state index contributed by atoms with van der Waals surface area (Å²) in [5.41, 5.74) is 1.13. The van der Waals surface area contributed by atoms with Crippen LogP contribution in [0.25, 0.3) is 0 Å². The van der Waals surface area contributed by atoms with Crippen LogP contribution in [0.2, 0.25) is 0 Å². The van der Waals surface area contributed by atoms with Gasteiger partial charge in [0.25, 0.3) is 0 Å². The maximum atomic E-state index is 14.0. The second-order valence-corrected chi connectivity index (χ2v) is 12.1. The number of unbranched alkanes of at least 4 members (excludes halogenated alkanes) is 1. The number of allylic oxidation sites excluding steroid dienone is 2. The molecule has 3 saturated carbocycles. The quantitative estimate of drug-likeness (QED) is 0.479. The fourth-order valence-electron chi connectivity index (χ4n) is 8.59. The van der Waals surface area contributed by atoms with E-state index in [2.05, 4.69) is 20.4 Å². The molecule has 2 aliphatic heterocycles. The van der Waals surface area contributed by atoms with Crippen molar-refractivity contribution in [3.05, 3.63) is 23.5 Å². The second kappa shape index (κ2) is 7.89. The molecule has 4 fully saturated rings. The van der Waals surface area contributed by atoms with Gasteiger partial charge >= 0.3 is 0 Å². The number of fused-ring (bicyclic) bond motifs is 3.